The second-order valence-corrected chi connectivity index (χ2v) is 2.49. The molecular formula is C7H9N5O. The number of hydrazine groups is 1. The molecular weight excluding hydrogens is 170 g/mol. The van der Waals surface area contributed by atoms with E-state index in [1.165, 1.54) is 0 Å². The van der Waals surface area contributed by atoms with Gasteiger partial charge in [-0.25, -0.2) is 10.8 Å². The molecule has 2 heterocycles. The molecule has 1 aromatic rings. The van der Waals surface area contributed by atoms with Crippen molar-refractivity contribution in [3.63, 3.8) is 0 Å². The Hall–Kier alpha value is -1.66. The zero-order valence-corrected chi connectivity index (χ0v) is 6.77. The van der Waals surface area contributed by atoms with Gasteiger partial charge < -0.3 is 4.84 Å². The van der Waals surface area contributed by atoms with E-state index < -0.39 is 0 Å². The van der Waals surface area contributed by atoms with Crippen molar-refractivity contribution in [2.75, 3.05) is 0 Å². The van der Waals surface area contributed by atoms with Crippen LogP contribution in [0.1, 0.15) is 11.7 Å². The number of hydrogen-bond acceptors (Lipinski definition) is 6. The maximum absolute atomic E-state index is 5.11. The largest absolute Gasteiger partial charge is 0.367 e. The number of aliphatic imine (C=N–C) groups is 1. The minimum atomic E-state index is -0.236. The minimum absolute atomic E-state index is 0.236. The van der Waals surface area contributed by atoms with Crippen LogP contribution in [-0.4, -0.2) is 11.0 Å². The molecule has 0 fully saturated rings. The lowest BCUT2D eigenvalue weighted by molar-refractivity contribution is 0.172. The highest BCUT2D eigenvalue weighted by molar-refractivity contribution is 5.74. The number of hydrogen-bond donors (Lipinski definition) is 3. The third-order valence-corrected chi connectivity index (χ3v) is 1.64. The Morgan fingerprint density at radius 3 is 3.15 bits per heavy atom. The Kier molecular flexibility index (Phi) is 2.07. The van der Waals surface area contributed by atoms with Gasteiger partial charge in [-0.15, -0.1) is 5.48 Å². The molecule has 1 aliphatic rings. The van der Waals surface area contributed by atoms with E-state index in [4.69, 9.17) is 10.7 Å². The average molecular weight is 179 g/mol. The summed E-state index contributed by atoms with van der Waals surface area (Å²) in [5.41, 5.74) is 5.92. The monoisotopic (exact) mass is 179 g/mol. The zero-order valence-electron chi connectivity index (χ0n) is 6.77. The van der Waals surface area contributed by atoms with Gasteiger partial charge in [0.25, 0.3) is 0 Å². The van der Waals surface area contributed by atoms with E-state index in [1.54, 1.807) is 12.4 Å². The van der Waals surface area contributed by atoms with Gasteiger partial charge in [0.05, 0.1) is 0 Å². The van der Waals surface area contributed by atoms with Crippen molar-refractivity contribution in [2.24, 2.45) is 10.8 Å². The molecule has 6 nitrogen and oxygen atoms in total. The lowest BCUT2D eigenvalue weighted by atomic mass is 10.2. The van der Waals surface area contributed by atoms with Gasteiger partial charge in [0.2, 0.25) is 0 Å². The molecule has 0 saturated carbocycles. The SMILES string of the molecule is NNC1=NC(c2cccnc2)NO1. The first kappa shape index (κ1) is 7.96. The lowest BCUT2D eigenvalue weighted by Gasteiger charge is -2.03. The van der Waals surface area contributed by atoms with Gasteiger partial charge in [-0.1, -0.05) is 6.07 Å². The molecule has 1 atom stereocenters. The van der Waals surface area contributed by atoms with Gasteiger partial charge in [0.15, 0.2) is 6.17 Å². The summed E-state index contributed by atoms with van der Waals surface area (Å²) in [5, 5.41) is 0. The predicted molar refractivity (Wildman–Crippen MR) is 46.0 cm³/mol. The van der Waals surface area contributed by atoms with Crippen molar-refractivity contribution in [3.05, 3.63) is 30.1 Å². The van der Waals surface area contributed by atoms with E-state index in [9.17, 15) is 0 Å². The molecule has 0 aliphatic carbocycles. The third kappa shape index (κ3) is 1.58. The molecule has 0 aromatic carbocycles. The van der Waals surface area contributed by atoms with Crippen molar-refractivity contribution in [3.8, 4) is 0 Å². The summed E-state index contributed by atoms with van der Waals surface area (Å²) in [5.74, 6) is 5.11. The van der Waals surface area contributed by atoms with Crippen LogP contribution < -0.4 is 16.7 Å². The Bertz CT molecular complexity index is 312. The van der Waals surface area contributed by atoms with Crippen molar-refractivity contribution in [2.45, 2.75) is 6.17 Å². The quantitative estimate of drug-likeness (QED) is 0.397. The van der Waals surface area contributed by atoms with E-state index in [0.717, 1.165) is 5.56 Å². The molecule has 0 radical (unpaired) electrons. The van der Waals surface area contributed by atoms with Crippen LogP contribution in [0, 0.1) is 0 Å². The molecule has 1 aromatic heterocycles. The Morgan fingerprint density at radius 1 is 1.62 bits per heavy atom. The number of nitrogens with zero attached hydrogens (tertiary/aromatic N) is 2. The van der Waals surface area contributed by atoms with Crippen molar-refractivity contribution >= 4 is 6.02 Å². The van der Waals surface area contributed by atoms with Crippen LogP contribution in [0.5, 0.6) is 0 Å². The van der Waals surface area contributed by atoms with Gasteiger partial charge >= 0.3 is 6.02 Å². The number of aromatic nitrogens is 1. The van der Waals surface area contributed by atoms with Gasteiger partial charge in [0, 0.05) is 18.0 Å². The highest BCUT2D eigenvalue weighted by atomic mass is 16.7. The number of nitrogens with one attached hydrogen (secondary N) is 2. The van der Waals surface area contributed by atoms with Crippen molar-refractivity contribution < 1.29 is 4.84 Å². The summed E-state index contributed by atoms with van der Waals surface area (Å²) in [7, 11) is 0. The van der Waals surface area contributed by atoms with Crippen LogP contribution in [0.25, 0.3) is 0 Å². The number of hydroxylamine groups is 1. The summed E-state index contributed by atoms with van der Waals surface area (Å²) < 4.78 is 0. The van der Waals surface area contributed by atoms with Crippen LogP contribution in [0.4, 0.5) is 0 Å². The van der Waals surface area contributed by atoms with Crippen LogP contribution in [-0.2, 0) is 4.84 Å². The predicted octanol–water partition coefficient (Wildman–Crippen LogP) is -0.566. The molecule has 0 spiro atoms. The maximum atomic E-state index is 5.11. The average Bonchev–Trinajstić information content (AvgIpc) is 2.67. The summed E-state index contributed by atoms with van der Waals surface area (Å²) >= 11 is 0. The first-order valence-corrected chi connectivity index (χ1v) is 3.77. The third-order valence-electron chi connectivity index (χ3n) is 1.64. The molecule has 1 unspecified atom stereocenters. The second kappa shape index (κ2) is 3.38. The molecule has 13 heavy (non-hydrogen) atoms. The van der Waals surface area contributed by atoms with E-state index in [0.29, 0.717) is 0 Å². The van der Waals surface area contributed by atoms with Gasteiger partial charge in [-0.05, 0) is 6.07 Å². The first-order valence-electron chi connectivity index (χ1n) is 3.77. The Labute approximate surface area is 74.7 Å². The van der Waals surface area contributed by atoms with E-state index in [2.05, 4.69) is 20.9 Å². The second-order valence-electron chi connectivity index (χ2n) is 2.49. The van der Waals surface area contributed by atoms with Gasteiger partial charge in [-0.2, -0.15) is 0 Å². The molecule has 2 rings (SSSR count). The fraction of sp³-hybridized carbons (Fsp3) is 0.143. The number of pyridine rings is 1. The van der Waals surface area contributed by atoms with Crippen molar-refractivity contribution in [1.29, 1.82) is 0 Å². The van der Waals surface area contributed by atoms with E-state index in [-0.39, 0.29) is 12.2 Å². The molecule has 0 amide bonds. The lowest BCUT2D eigenvalue weighted by Crippen LogP contribution is -2.31. The number of nitrogens with two attached hydrogens (primary N) is 1. The van der Waals surface area contributed by atoms with Crippen LogP contribution >= 0.6 is 0 Å². The molecule has 68 valence electrons. The smallest absolute Gasteiger partial charge is 0.321 e. The standard InChI is InChI=1S/C7H9N5O/c8-11-7-10-6(12-13-7)5-2-1-3-9-4-5/h1-4,6,12H,8H2,(H,10,11). The highest BCUT2D eigenvalue weighted by Gasteiger charge is 2.18. The molecule has 0 saturated heterocycles. The molecule has 1 aliphatic heterocycles. The fourth-order valence-electron chi connectivity index (χ4n) is 1.03. The van der Waals surface area contributed by atoms with Crippen LogP contribution in [0.15, 0.2) is 29.5 Å². The number of amidine groups is 1. The topological polar surface area (TPSA) is 84.6 Å². The summed E-state index contributed by atoms with van der Waals surface area (Å²) in [6.45, 7) is 0. The van der Waals surface area contributed by atoms with Crippen molar-refractivity contribution in [1.82, 2.24) is 15.9 Å². The molecule has 6 heteroatoms. The van der Waals surface area contributed by atoms with Gasteiger partial charge in [-0.3, -0.25) is 10.4 Å². The minimum Gasteiger partial charge on any atom is -0.367 e. The van der Waals surface area contributed by atoms with Crippen LogP contribution in [0.3, 0.4) is 0 Å². The zero-order chi connectivity index (χ0) is 9.10. The first-order chi connectivity index (χ1) is 6.40. The highest BCUT2D eigenvalue weighted by Crippen LogP contribution is 2.16. The summed E-state index contributed by atoms with van der Waals surface area (Å²) in [6.07, 6.45) is 3.18. The number of rotatable bonds is 1. The van der Waals surface area contributed by atoms with E-state index >= 15 is 0 Å². The summed E-state index contributed by atoms with van der Waals surface area (Å²) in [6, 6.07) is 4.01. The fourth-order valence-corrected chi connectivity index (χ4v) is 1.03. The summed E-state index contributed by atoms with van der Waals surface area (Å²) in [4.78, 5) is 13.0. The molecule has 4 N–H and O–H groups in total. The Morgan fingerprint density at radius 2 is 2.54 bits per heavy atom. The molecule has 0 bridgehead atoms. The van der Waals surface area contributed by atoms with E-state index in [1.807, 2.05) is 12.1 Å². The van der Waals surface area contributed by atoms with Crippen LogP contribution in [0.2, 0.25) is 0 Å². The maximum Gasteiger partial charge on any atom is 0.321 e. The normalized spacial score (nSPS) is 20.7. The van der Waals surface area contributed by atoms with Gasteiger partial charge in [0.1, 0.15) is 0 Å². The Balaban J connectivity index is 2.16.